The van der Waals surface area contributed by atoms with Crippen LogP contribution in [0.3, 0.4) is 0 Å². The van der Waals surface area contributed by atoms with E-state index in [4.69, 9.17) is 18.9 Å². The van der Waals surface area contributed by atoms with Gasteiger partial charge in [-0.25, -0.2) is 12.7 Å². The molecule has 11 heteroatoms. The summed E-state index contributed by atoms with van der Waals surface area (Å²) in [5, 5.41) is 10.6. The molecule has 2 aliphatic rings. The van der Waals surface area contributed by atoms with Gasteiger partial charge in [-0.3, -0.25) is 9.69 Å². The standard InChI is InChI=1S/C30H42N2O8S/c1-5-7-8-16-41(35,36)32(13-6-2)15-14-31-19-23(21-9-12-25-27(17-21)40-20-39-25)28(30(33)34)29(31)22-10-11-24(37-3)26(18-22)38-4/h9-12,17-18,23,28-29H,5-8,13-16,19-20H2,1-4H3,(H,33,34)/t23?,28-,29+/m0/s1. The van der Waals surface area contributed by atoms with Crippen LogP contribution in [0.1, 0.15) is 62.6 Å². The molecule has 0 aromatic heterocycles. The lowest BCUT2D eigenvalue weighted by Gasteiger charge is -2.30. The molecule has 0 spiro atoms. The molecule has 4 rings (SSSR count). The number of fused-ring (bicyclic) bond motifs is 1. The minimum absolute atomic E-state index is 0.123. The molecule has 0 aliphatic carbocycles. The normalized spacial score (nSPS) is 20.5. The number of ether oxygens (including phenoxy) is 4. The van der Waals surface area contributed by atoms with Gasteiger partial charge in [-0.2, -0.15) is 0 Å². The van der Waals surface area contributed by atoms with E-state index < -0.39 is 28.0 Å². The largest absolute Gasteiger partial charge is 0.493 e. The summed E-state index contributed by atoms with van der Waals surface area (Å²) in [6.07, 6.45) is 3.14. The second kappa shape index (κ2) is 13.8. The van der Waals surface area contributed by atoms with Crippen molar-refractivity contribution in [2.75, 3.05) is 52.9 Å². The highest BCUT2D eigenvalue weighted by atomic mass is 32.2. The Morgan fingerprint density at radius 1 is 0.976 bits per heavy atom. The van der Waals surface area contributed by atoms with Crippen molar-refractivity contribution >= 4 is 16.0 Å². The number of benzene rings is 2. The van der Waals surface area contributed by atoms with Crippen LogP contribution < -0.4 is 18.9 Å². The number of likely N-dealkylation sites (tertiary alicyclic amines) is 1. The molecule has 0 saturated carbocycles. The third-order valence-corrected chi connectivity index (χ3v) is 9.92. The SMILES string of the molecule is CCCCCS(=O)(=O)N(CCC)CCN1CC(c2ccc3c(c2)OCO3)[C@H](C(=O)O)[C@H]1c1ccc(OC)c(OC)c1. The van der Waals surface area contributed by atoms with Gasteiger partial charge in [0.1, 0.15) is 0 Å². The zero-order valence-electron chi connectivity index (χ0n) is 24.4. The third-order valence-electron chi connectivity index (χ3n) is 7.97. The molecule has 2 aromatic carbocycles. The predicted molar refractivity (Wildman–Crippen MR) is 155 cm³/mol. The quantitative estimate of drug-likeness (QED) is 0.299. The van der Waals surface area contributed by atoms with Crippen molar-refractivity contribution in [3.8, 4) is 23.0 Å². The van der Waals surface area contributed by atoms with E-state index in [9.17, 15) is 18.3 Å². The van der Waals surface area contributed by atoms with Crippen LogP contribution in [-0.2, 0) is 14.8 Å². The average Bonchev–Trinajstić information content (AvgIpc) is 3.59. The summed E-state index contributed by atoms with van der Waals surface area (Å²) in [6, 6.07) is 10.5. The summed E-state index contributed by atoms with van der Waals surface area (Å²) in [4.78, 5) is 15.0. The molecule has 1 fully saturated rings. The summed E-state index contributed by atoms with van der Waals surface area (Å²) in [5.74, 6) is 0.328. The Labute approximate surface area is 243 Å². The Hall–Kier alpha value is -3.02. The second-order valence-electron chi connectivity index (χ2n) is 10.6. The van der Waals surface area contributed by atoms with Crippen LogP contribution in [0.25, 0.3) is 0 Å². The molecule has 1 saturated heterocycles. The fourth-order valence-electron chi connectivity index (χ4n) is 5.92. The highest BCUT2D eigenvalue weighted by Gasteiger charge is 2.48. The maximum atomic E-state index is 13.2. The van der Waals surface area contributed by atoms with Gasteiger partial charge in [-0.05, 0) is 48.2 Å². The molecule has 41 heavy (non-hydrogen) atoms. The molecular weight excluding hydrogens is 548 g/mol. The fourth-order valence-corrected chi connectivity index (χ4v) is 7.57. The number of rotatable bonds is 15. The Morgan fingerprint density at radius 3 is 2.39 bits per heavy atom. The summed E-state index contributed by atoms with van der Waals surface area (Å²) in [7, 11) is -0.329. The summed E-state index contributed by atoms with van der Waals surface area (Å²) >= 11 is 0. The van der Waals surface area contributed by atoms with Crippen LogP contribution in [-0.4, -0.2) is 81.6 Å². The maximum absolute atomic E-state index is 13.2. The first-order valence-corrected chi connectivity index (χ1v) is 15.9. The third kappa shape index (κ3) is 6.90. The van der Waals surface area contributed by atoms with Crippen molar-refractivity contribution in [2.24, 2.45) is 5.92 Å². The van der Waals surface area contributed by atoms with E-state index in [1.54, 1.807) is 24.6 Å². The van der Waals surface area contributed by atoms with Gasteiger partial charge in [0.2, 0.25) is 16.8 Å². The molecule has 1 unspecified atom stereocenters. The Kier molecular flexibility index (Phi) is 10.4. The van der Waals surface area contributed by atoms with Crippen LogP contribution in [0.2, 0.25) is 0 Å². The Bertz CT molecular complexity index is 1300. The van der Waals surface area contributed by atoms with Crippen molar-refractivity contribution in [3.63, 3.8) is 0 Å². The van der Waals surface area contributed by atoms with Crippen LogP contribution in [0.4, 0.5) is 0 Å². The monoisotopic (exact) mass is 590 g/mol. The van der Waals surface area contributed by atoms with Crippen molar-refractivity contribution in [1.29, 1.82) is 0 Å². The number of sulfonamides is 1. The van der Waals surface area contributed by atoms with Gasteiger partial charge in [0.05, 0.1) is 25.9 Å². The number of carboxylic acids is 1. The number of methoxy groups -OCH3 is 2. The molecule has 2 heterocycles. The lowest BCUT2D eigenvalue weighted by Crippen LogP contribution is -2.40. The van der Waals surface area contributed by atoms with E-state index in [-0.39, 0.29) is 25.0 Å². The first-order chi connectivity index (χ1) is 19.7. The van der Waals surface area contributed by atoms with E-state index >= 15 is 0 Å². The number of aliphatic carboxylic acids is 1. The van der Waals surface area contributed by atoms with E-state index in [0.717, 1.165) is 24.0 Å². The average molecular weight is 591 g/mol. The fraction of sp³-hybridized carbons (Fsp3) is 0.567. The topological polar surface area (TPSA) is 115 Å². The minimum Gasteiger partial charge on any atom is -0.493 e. The lowest BCUT2D eigenvalue weighted by atomic mass is 9.82. The molecule has 1 N–H and O–H groups in total. The number of unbranched alkanes of at least 4 members (excludes halogenated alkanes) is 2. The van der Waals surface area contributed by atoms with Crippen LogP contribution in [0.5, 0.6) is 23.0 Å². The Morgan fingerprint density at radius 2 is 1.71 bits per heavy atom. The molecule has 10 nitrogen and oxygen atoms in total. The molecule has 0 bridgehead atoms. The van der Waals surface area contributed by atoms with Crippen LogP contribution in [0.15, 0.2) is 36.4 Å². The molecule has 3 atom stereocenters. The smallest absolute Gasteiger partial charge is 0.309 e. The second-order valence-corrected chi connectivity index (χ2v) is 12.6. The van der Waals surface area contributed by atoms with Crippen molar-refractivity contribution in [3.05, 3.63) is 47.5 Å². The van der Waals surface area contributed by atoms with Gasteiger partial charge >= 0.3 is 5.97 Å². The van der Waals surface area contributed by atoms with Gasteiger partial charge < -0.3 is 24.1 Å². The first-order valence-electron chi connectivity index (χ1n) is 14.3. The van der Waals surface area contributed by atoms with E-state index in [2.05, 4.69) is 4.90 Å². The highest BCUT2D eigenvalue weighted by molar-refractivity contribution is 7.89. The van der Waals surface area contributed by atoms with Gasteiger partial charge in [0, 0.05) is 38.1 Å². The number of carbonyl (C=O) groups is 1. The van der Waals surface area contributed by atoms with Gasteiger partial charge in [-0.1, -0.05) is 38.8 Å². The van der Waals surface area contributed by atoms with Crippen molar-refractivity contribution in [2.45, 2.75) is 51.5 Å². The first kappa shape index (κ1) is 30.9. The molecule has 2 aromatic rings. The van der Waals surface area contributed by atoms with E-state index in [1.165, 1.54) is 0 Å². The van der Waals surface area contributed by atoms with E-state index in [1.807, 2.05) is 44.2 Å². The molecule has 226 valence electrons. The van der Waals surface area contributed by atoms with Crippen molar-refractivity contribution in [1.82, 2.24) is 9.21 Å². The molecule has 0 radical (unpaired) electrons. The molecule has 2 aliphatic heterocycles. The van der Waals surface area contributed by atoms with Gasteiger partial charge in [0.25, 0.3) is 0 Å². The molecular formula is C30H42N2O8S. The van der Waals surface area contributed by atoms with Gasteiger partial charge in [-0.15, -0.1) is 0 Å². The highest BCUT2D eigenvalue weighted by Crippen LogP contribution is 2.48. The number of nitrogens with zero attached hydrogens (tertiary/aromatic N) is 2. The number of hydrogen-bond donors (Lipinski definition) is 1. The van der Waals surface area contributed by atoms with Gasteiger partial charge in [0.15, 0.2) is 23.0 Å². The zero-order valence-corrected chi connectivity index (χ0v) is 25.2. The number of carboxylic acid groups (broad SMARTS) is 1. The summed E-state index contributed by atoms with van der Waals surface area (Å²) in [5.41, 5.74) is 1.61. The summed E-state index contributed by atoms with van der Waals surface area (Å²) in [6.45, 7) is 5.68. The molecule has 0 amide bonds. The van der Waals surface area contributed by atoms with Crippen molar-refractivity contribution < 1.29 is 37.3 Å². The maximum Gasteiger partial charge on any atom is 0.309 e. The minimum atomic E-state index is -3.43. The number of hydrogen-bond acceptors (Lipinski definition) is 8. The zero-order chi connectivity index (χ0) is 29.6. The Balaban J connectivity index is 1.69. The predicted octanol–water partition coefficient (Wildman–Crippen LogP) is 4.51. The van der Waals surface area contributed by atoms with Crippen LogP contribution >= 0.6 is 0 Å². The lowest BCUT2D eigenvalue weighted by molar-refractivity contribution is -0.143. The summed E-state index contributed by atoms with van der Waals surface area (Å²) < 4.78 is 50.0. The van der Waals surface area contributed by atoms with Crippen LogP contribution in [0, 0.1) is 5.92 Å². The van der Waals surface area contributed by atoms with E-state index in [0.29, 0.717) is 55.5 Å².